The van der Waals surface area contributed by atoms with Crippen LogP contribution in [0.25, 0.3) is 17.1 Å². The number of piperidine rings is 1. The van der Waals surface area contributed by atoms with Crippen molar-refractivity contribution in [1.29, 1.82) is 0 Å². The lowest BCUT2D eigenvalue weighted by Gasteiger charge is -2.29. The van der Waals surface area contributed by atoms with Crippen LogP contribution in [-0.4, -0.2) is 44.6 Å². The van der Waals surface area contributed by atoms with Crippen LogP contribution in [0.4, 0.5) is 0 Å². The molecular formula is C19H21N5O. The monoisotopic (exact) mass is 335 g/mol. The molecule has 1 fully saturated rings. The number of likely N-dealkylation sites (tertiary alicyclic amines) is 1. The van der Waals surface area contributed by atoms with Gasteiger partial charge in [-0.15, -0.1) is 0 Å². The van der Waals surface area contributed by atoms with Crippen LogP contribution in [0.1, 0.15) is 18.9 Å². The zero-order valence-electron chi connectivity index (χ0n) is 14.2. The SMILES string of the molecule is CN1CCC(n2ccc(=O)c(-c3ccnn3-c3ccccc3)n2)CC1. The van der Waals surface area contributed by atoms with E-state index in [1.54, 1.807) is 16.9 Å². The molecule has 1 aliphatic heterocycles. The summed E-state index contributed by atoms with van der Waals surface area (Å²) in [7, 11) is 2.14. The Labute approximate surface area is 146 Å². The summed E-state index contributed by atoms with van der Waals surface area (Å²) in [5.41, 5.74) is 2.00. The van der Waals surface area contributed by atoms with Gasteiger partial charge in [-0.2, -0.15) is 10.2 Å². The quantitative estimate of drug-likeness (QED) is 0.737. The molecule has 128 valence electrons. The maximum absolute atomic E-state index is 12.5. The van der Waals surface area contributed by atoms with Gasteiger partial charge in [-0.25, -0.2) is 4.68 Å². The Hall–Kier alpha value is -2.73. The fourth-order valence-electron chi connectivity index (χ4n) is 3.32. The zero-order valence-corrected chi connectivity index (χ0v) is 14.2. The summed E-state index contributed by atoms with van der Waals surface area (Å²) in [6, 6.07) is 13.6. The van der Waals surface area contributed by atoms with E-state index in [1.165, 1.54) is 0 Å². The van der Waals surface area contributed by atoms with Crippen molar-refractivity contribution in [2.45, 2.75) is 18.9 Å². The van der Waals surface area contributed by atoms with Gasteiger partial charge in [0.15, 0.2) is 5.69 Å². The summed E-state index contributed by atoms with van der Waals surface area (Å²) in [6.07, 6.45) is 5.61. The highest BCUT2D eigenvalue weighted by Crippen LogP contribution is 2.22. The molecule has 0 atom stereocenters. The second kappa shape index (κ2) is 6.64. The molecule has 3 heterocycles. The van der Waals surface area contributed by atoms with E-state index in [0.29, 0.717) is 11.7 Å². The lowest BCUT2D eigenvalue weighted by atomic mass is 10.1. The van der Waals surface area contributed by atoms with E-state index < -0.39 is 0 Å². The van der Waals surface area contributed by atoms with Crippen LogP contribution in [0.2, 0.25) is 0 Å². The molecule has 25 heavy (non-hydrogen) atoms. The van der Waals surface area contributed by atoms with E-state index in [0.717, 1.165) is 37.3 Å². The van der Waals surface area contributed by atoms with Crippen molar-refractivity contribution < 1.29 is 0 Å². The van der Waals surface area contributed by atoms with Gasteiger partial charge in [0.05, 0.1) is 23.6 Å². The van der Waals surface area contributed by atoms with Crippen molar-refractivity contribution in [3.63, 3.8) is 0 Å². The Balaban J connectivity index is 1.73. The van der Waals surface area contributed by atoms with E-state index in [9.17, 15) is 4.79 Å². The molecule has 6 heteroatoms. The fourth-order valence-corrected chi connectivity index (χ4v) is 3.32. The third-order valence-corrected chi connectivity index (χ3v) is 4.78. The number of aromatic nitrogens is 4. The average molecular weight is 335 g/mol. The van der Waals surface area contributed by atoms with Crippen molar-refractivity contribution in [2.24, 2.45) is 0 Å². The van der Waals surface area contributed by atoms with Crippen LogP contribution >= 0.6 is 0 Å². The molecule has 6 nitrogen and oxygen atoms in total. The Morgan fingerprint density at radius 2 is 1.80 bits per heavy atom. The summed E-state index contributed by atoms with van der Waals surface area (Å²) < 4.78 is 3.72. The molecule has 0 bridgehead atoms. The van der Waals surface area contributed by atoms with E-state index in [2.05, 4.69) is 22.1 Å². The first kappa shape index (κ1) is 15.8. The number of hydrogen-bond donors (Lipinski definition) is 0. The number of rotatable bonds is 3. The first-order valence-electron chi connectivity index (χ1n) is 8.60. The predicted molar refractivity (Wildman–Crippen MR) is 96.8 cm³/mol. The standard InChI is InChI=1S/C19H21N5O/c1-22-12-8-15(9-13-22)23-14-10-18(25)19(21-23)17-7-11-20-24(17)16-5-3-2-4-6-16/h2-7,10-11,14-15H,8-9,12-13H2,1H3. The van der Waals surface area contributed by atoms with Gasteiger partial charge >= 0.3 is 0 Å². The first-order chi connectivity index (χ1) is 12.2. The van der Waals surface area contributed by atoms with Crippen LogP contribution in [-0.2, 0) is 0 Å². The number of benzene rings is 1. The summed E-state index contributed by atoms with van der Waals surface area (Å²) in [5.74, 6) is 0. The van der Waals surface area contributed by atoms with Crippen LogP contribution < -0.4 is 5.43 Å². The second-order valence-electron chi connectivity index (χ2n) is 6.51. The maximum Gasteiger partial charge on any atom is 0.209 e. The van der Waals surface area contributed by atoms with Crippen molar-refractivity contribution in [3.8, 4) is 17.1 Å². The molecule has 1 aromatic carbocycles. The first-order valence-corrected chi connectivity index (χ1v) is 8.60. The summed E-state index contributed by atoms with van der Waals surface area (Å²) >= 11 is 0. The third kappa shape index (κ3) is 3.13. The molecule has 0 amide bonds. The molecule has 0 N–H and O–H groups in total. The van der Waals surface area contributed by atoms with Crippen LogP contribution in [0.5, 0.6) is 0 Å². The fraction of sp³-hybridized carbons (Fsp3) is 0.316. The zero-order chi connectivity index (χ0) is 17.2. The highest BCUT2D eigenvalue weighted by molar-refractivity contribution is 5.56. The molecular weight excluding hydrogens is 314 g/mol. The minimum atomic E-state index is -0.0816. The second-order valence-corrected chi connectivity index (χ2v) is 6.51. The molecule has 0 radical (unpaired) electrons. The average Bonchev–Trinajstić information content (AvgIpc) is 3.13. The number of nitrogens with zero attached hydrogens (tertiary/aromatic N) is 5. The lowest BCUT2D eigenvalue weighted by molar-refractivity contribution is 0.211. The van der Waals surface area contributed by atoms with E-state index >= 15 is 0 Å². The van der Waals surface area contributed by atoms with E-state index in [1.807, 2.05) is 47.3 Å². The Kier molecular flexibility index (Phi) is 4.19. The van der Waals surface area contributed by atoms with Gasteiger partial charge in [-0.05, 0) is 51.2 Å². The highest BCUT2D eigenvalue weighted by atomic mass is 16.1. The van der Waals surface area contributed by atoms with Gasteiger partial charge in [0.25, 0.3) is 0 Å². The summed E-state index contributed by atoms with van der Waals surface area (Å²) in [6.45, 7) is 2.10. The Morgan fingerprint density at radius 1 is 1.04 bits per heavy atom. The van der Waals surface area contributed by atoms with Crippen molar-refractivity contribution in [1.82, 2.24) is 24.5 Å². The minimum absolute atomic E-state index is 0.0816. The molecule has 1 saturated heterocycles. The lowest BCUT2D eigenvalue weighted by Crippen LogP contribution is -2.32. The largest absolute Gasteiger partial charge is 0.306 e. The Bertz CT molecular complexity index is 907. The summed E-state index contributed by atoms with van der Waals surface area (Å²) in [4.78, 5) is 14.8. The smallest absolute Gasteiger partial charge is 0.209 e. The topological polar surface area (TPSA) is 56.0 Å². The molecule has 2 aromatic heterocycles. The number of para-hydroxylation sites is 1. The third-order valence-electron chi connectivity index (χ3n) is 4.78. The van der Waals surface area contributed by atoms with Gasteiger partial charge in [-0.1, -0.05) is 18.2 Å². The van der Waals surface area contributed by atoms with Gasteiger partial charge in [0, 0.05) is 12.3 Å². The number of hydrogen-bond acceptors (Lipinski definition) is 4. The highest BCUT2D eigenvalue weighted by Gasteiger charge is 2.20. The molecule has 0 unspecified atom stereocenters. The predicted octanol–water partition coefficient (Wildman–Crippen LogP) is 2.36. The molecule has 3 aromatic rings. The van der Waals surface area contributed by atoms with Crippen molar-refractivity contribution >= 4 is 0 Å². The minimum Gasteiger partial charge on any atom is -0.306 e. The molecule has 0 saturated carbocycles. The normalized spacial score (nSPS) is 16.2. The van der Waals surface area contributed by atoms with Crippen LogP contribution in [0, 0.1) is 0 Å². The van der Waals surface area contributed by atoms with Gasteiger partial charge in [0.1, 0.15) is 0 Å². The van der Waals surface area contributed by atoms with Gasteiger partial charge < -0.3 is 4.90 Å². The van der Waals surface area contributed by atoms with Gasteiger partial charge in [0.2, 0.25) is 5.43 Å². The van der Waals surface area contributed by atoms with E-state index in [-0.39, 0.29) is 5.43 Å². The van der Waals surface area contributed by atoms with Crippen LogP contribution in [0.15, 0.2) is 59.7 Å². The molecule has 1 aliphatic rings. The molecule has 4 rings (SSSR count). The van der Waals surface area contributed by atoms with Gasteiger partial charge in [-0.3, -0.25) is 9.48 Å². The van der Waals surface area contributed by atoms with Crippen LogP contribution in [0.3, 0.4) is 0 Å². The maximum atomic E-state index is 12.5. The Morgan fingerprint density at radius 3 is 2.56 bits per heavy atom. The van der Waals surface area contributed by atoms with Crippen molar-refractivity contribution in [2.75, 3.05) is 20.1 Å². The van der Waals surface area contributed by atoms with E-state index in [4.69, 9.17) is 0 Å². The molecule has 0 aliphatic carbocycles. The molecule has 0 spiro atoms. The summed E-state index contributed by atoms with van der Waals surface area (Å²) in [5, 5.41) is 9.05. The van der Waals surface area contributed by atoms with Crippen molar-refractivity contribution in [3.05, 3.63) is 65.1 Å².